The van der Waals surface area contributed by atoms with Crippen molar-refractivity contribution in [1.82, 2.24) is 9.97 Å². The highest BCUT2D eigenvalue weighted by Gasteiger charge is 2.09. The van der Waals surface area contributed by atoms with Gasteiger partial charge in [0, 0.05) is 17.0 Å². The van der Waals surface area contributed by atoms with Crippen molar-refractivity contribution in [1.29, 1.82) is 0 Å². The van der Waals surface area contributed by atoms with E-state index in [-0.39, 0.29) is 0 Å². The SMILES string of the molecule is CCNc1ncnc(Sc2ccccc2Cl)c1C. The van der Waals surface area contributed by atoms with Crippen LogP contribution in [0.1, 0.15) is 12.5 Å². The number of hydrogen-bond acceptors (Lipinski definition) is 4. The second-order valence-corrected chi connectivity index (χ2v) is 5.15. The zero-order valence-electron chi connectivity index (χ0n) is 10.3. The fraction of sp³-hybridized carbons (Fsp3) is 0.231. The first-order valence-electron chi connectivity index (χ1n) is 5.70. The molecular weight excluding hydrogens is 266 g/mol. The number of hydrogen-bond donors (Lipinski definition) is 1. The van der Waals surface area contributed by atoms with Crippen molar-refractivity contribution < 1.29 is 0 Å². The Morgan fingerprint density at radius 2 is 2.06 bits per heavy atom. The van der Waals surface area contributed by atoms with Gasteiger partial charge in [-0.15, -0.1) is 0 Å². The van der Waals surface area contributed by atoms with Crippen LogP contribution in [0.3, 0.4) is 0 Å². The highest BCUT2D eigenvalue weighted by Crippen LogP contribution is 2.34. The molecule has 0 saturated heterocycles. The molecule has 1 aromatic carbocycles. The lowest BCUT2D eigenvalue weighted by molar-refractivity contribution is 0.990. The molecule has 0 fully saturated rings. The maximum absolute atomic E-state index is 6.15. The second-order valence-electron chi connectivity index (χ2n) is 3.72. The van der Waals surface area contributed by atoms with Gasteiger partial charge >= 0.3 is 0 Å². The average Bonchev–Trinajstić information content (AvgIpc) is 2.37. The third kappa shape index (κ3) is 2.94. The minimum absolute atomic E-state index is 0.741. The molecule has 18 heavy (non-hydrogen) atoms. The maximum Gasteiger partial charge on any atom is 0.133 e. The molecule has 0 aliphatic rings. The van der Waals surface area contributed by atoms with Gasteiger partial charge < -0.3 is 5.32 Å². The summed E-state index contributed by atoms with van der Waals surface area (Å²) >= 11 is 7.71. The van der Waals surface area contributed by atoms with Gasteiger partial charge in [-0.3, -0.25) is 0 Å². The molecule has 0 bridgehead atoms. The van der Waals surface area contributed by atoms with E-state index >= 15 is 0 Å². The first-order valence-corrected chi connectivity index (χ1v) is 6.89. The van der Waals surface area contributed by atoms with Gasteiger partial charge in [-0.25, -0.2) is 9.97 Å². The quantitative estimate of drug-likeness (QED) is 0.858. The lowest BCUT2D eigenvalue weighted by Gasteiger charge is -2.10. The smallest absolute Gasteiger partial charge is 0.133 e. The van der Waals surface area contributed by atoms with Gasteiger partial charge in [0.1, 0.15) is 17.2 Å². The standard InChI is InChI=1S/C13H14ClN3S/c1-3-15-12-9(2)13(17-8-16-12)18-11-7-5-4-6-10(11)14/h4-8H,3H2,1-2H3,(H,15,16,17). The molecule has 0 unspecified atom stereocenters. The van der Waals surface area contributed by atoms with E-state index in [4.69, 9.17) is 11.6 Å². The molecular formula is C13H14ClN3S. The van der Waals surface area contributed by atoms with E-state index in [1.54, 1.807) is 18.1 Å². The lowest BCUT2D eigenvalue weighted by atomic mass is 10.3. The highest BCUT2D eigenvalue weighted by atomic mass is 35.5. The van der Waals surface area contributed by atoms with Gasteiger partial charge in [-0.05, 0) is 26.0 Å². The van der Waals surface area contributed by atoms with Crippen LogP contribution >= 0.6 is 23.4 Å². The molecule has 2 rings (SSSR count). The number of aromatic nitrogens is 2. The largest absolute Gasteiger partial charge is 0.370 e. The molecule has 3 nitrogen and oxygen atoms in total. The summed E-state index contributed by atoms with van der Waals surface area (Å²) in [6.45, 7) is 4.90. The van der Waals surface area contributed by atoms with Gasteiger partial charge in [-0.2, -0.15) is 0 Å². The first kappa shape index (κ1) is 13.2. The van der Waals surface area contributed by atoms with Gasteiger partial charge in [0.25, 0.3) is 0 Å². The Kier molecular flexibility index (Phi) is 4.44. The van der Waals surface area contributed by atoms with E-state index in [2.05, 4.69) is 15.3 Å². The van der Waals surface area contributed by atoms with Crippen molar-refractivity contribution in [3.63, 3.8) is 0 Å². The molecule has 0 amide bonds. The van der Waals surface area contributed by atoms with E-state index in [1.807, 2.05) is 38.1 Å². The second kappa shape index (κ2) is 6.07. The number of nitrogens with one attached hydrogen (secondary N) is 1. The Morgan fingerprint density at radius 3 is 2.78 bits per heavy atom. The highest BCUT2D eigenvalue weighted by molar-refractivity contribution is 7.99. The van der Waals surface area contributed by atoms with Gasteiger partial charge in [0.05, 0.1) is 5.02 Å². The van der Waals surface area contributed by atoms with Crippen molar-refractivity contribution in [2.24, 2.45) is 0 Å². The summed E-state index contributed by atoms with van der Waals surface area (Å²) < 4.78 is 0. The molecule has 0 saturated carbocycles. The Hall–Kier alpha value is -1.26. The Labute approximate surface area is 116 Å². The predicted molar refractivity (Wildman–Crippen MR) is 76.5 cm³/mol. The lowest BCUT2D eigenvalue weighted by Crippen LogP contribution is -2.03. The molecule has 5 heteroatoms. The van der Waals surface area contributed by atoms with Crippen LogP contribution in [-0.4, -0.2) is 16.5 Å². The third-order valence-corrected chi connectivity index (χ3v) is 4.05. The van der Waals surface area contributed by atoms with Gasteiger partial charge in [0.15, 0.2) is 0 Å². The van der Waals surface area contributed by atoms with Crippen LogP contribution in [0.5, 0.6) is 0 Å². The maximum atomic E-state index is 6.15. The summed E-state index contributed by atoms with van der Waals surface area (Å²) in [7, 11) is 0. The summed E-state index contributed by atoms with van der Waals surface area (Å²) in [5.41, 5.74) is 1.05. The van der Waals surface area contributed by atoms with Crippen molar-refractivity contribution >= 4 is 29.2 Å². The molecule has 0 aliphatic heterocycles. The van der Waals surface area contributed by atoms with Crippen LogP contribution in [0, 0.1) is 6.92 Å². The van der Waals surface area contributed by atoms with E-state index in [0.717, 1.165) is 32.9 Å². The van der Waals surface area contributed by atoms with Crippen LogP contribution in [0.25, 0.3) is 0 Å². The van der Waals surface area contributed by atoms with E-state index in [9.17, 15) is 0 Å². The zero-order valence-corrected chi connectivity index (χ0v) is 11.8. The minimum atomic E-state index is 0.741. The number of anilines is 1. The minimum Gasteiger partial charge on any atom is -0.370 e. The molecule has 2 aromatic rings. The Bertz CT molecular complexity index is 546. The van der Waals surface area contributed by atoms with Crippen molar-refractivity contribution in [2.45, 2.75) is 23.8 Å². The summed E-state index contributed by atoms with van der Waals surface area (Å²) in [4.78, 5) is 9.54. The summed E-state index contributed by atoms with van der Waals surface area (Å²) in [5, 5.41) is 4.89. The van der Waals surface area contributed by atoms with Gasteiger partial charge in [-0.1, -0.05) is 35.5 Å². The summed E-state index contributed by atoms with van der Waals surface area (Å²) in [5.74, 6) is 0.877. The predicted octanol–water partition coefficient (Wildman–Crippen LogP) is 4.02. The Balaban J connectivity index is 2.30. The van der Waals surface area contributed by atoms with Crippen molar-refractivity contribution in [2.75, 3.05) is 11.9 Å². The van der Waals surface area contributed by atoms with Crippen LogP contribution < -0.4 is 5.32 Å². The zero-order chi connectivity index (χ0) is 13.0. The molecule has 0 atom stereocenters. The molecule has 0 spiro atoms. The summed E-state index contributed by atoms with van der Waals surface area (Å²) in [6.07, 6.45) is 1.57. The van der Waals surface area contributed by atoms with Crippen LogP contribution in [0.2, 0.25) is 5.02 Å². The first-order chi connectivity index (χ1) is 8.72. The fourth-order valence-electron chi connectivity index (χ4n) is 1.51. The normalized spacial score (nSPS) is 10.4. The van der Waals surface area contributed by atoms with Crippen molar-refractivity contribution in [3.05, 3.63) is 41.2 Å². The fourth-order valence-corrected chi connectivity index (χ4v) is 2.64. The van der Waals surface area contributed by atoms with E-state index in [0.29, 0.717) is 0 Å². The third-order valence-electron chi connectivity index (χ3n) is 2.43. The van der Waals surface area contributed by atoms with Crippen LogP contribution in [0.4, 0.5) is 5.82 Å². The monoisotopic (exact) mass is 279 g/mol. The number of nitrogens with zero attached hydrogens (tertiary/aromatic N) is 2. The molecule has 94 valence electrons. The van der Waals surface area contributed by atoms with Crippen LogP contribution in [0.15, 0.2) is 40.5 Å². The number of benzene rings is 1. The molecule has 0 radical (unpaired) electrons. The number of rotatable bonds is 4. The van der Waals surface area contributed by atoms with Crippen molar-refractivity contribution in [3.8, 4) is 0 Å². The number of halogens is 1. The van der Waals surface area contributed by atoms with E-state index < -0.39 is 0 Å². The molecule has 1 heterocycles. The summed E-state index contributed by atoms with van der Waals surface area (Å²) in [6, 6.07) is 7.76. The van der Waals surface area contributed by atoms with Gasteiger partial charge in [0.2, 0.25) is 0 Å². The van der Waals surface area contributed by atoms with Crippen LogP contribution in [-0.2, 0) is 0 Å². The molecule has 1 N–H and O–H groups in total. The van der Waals surface area contributed by atoms with E-state index in [1.165, 1.54) is 0 Å². The molecule has 1 aromatic heterocycles. The Morgan fingerprint density at radius 1 is 1.28 bits per heavy atom. The molecule has 0 aliphatic carbocycles. The topological polar surface area (TPSA) is 37.8 Å². The average molecular weight is 280 g/mol.